The molecule has 116 valence electrons. The molecule has 9 heteroatoms. The van der Waals surface area contributed by atoms with Crippen LogP contribution < -0.4 is 15.8 Å². The van der Waals surface area contributed by atoms with E-state index >= 15 is 0 Å². The lowest BCUT2D eigenvalue weighted by Gasteiger charge is -2.30. The van der Waals surface area contributed by atoms with Gasteiger partial charge in [0.15, 0.2) is 6.10 Å². The van der Waals surface area contributed by atoms with Crippen molar-refractivity contribution in [2.75, 3.05) is 10.6 Å². The molecular weight excluding hydrogens is 307 g/mol. The van der Waals surface area contributed by atoms with Crippen LogP contribution in [0.15, 0.2) is 23.1 Å². The van der Waals surface area contributed by atoms with Crippen LogP contribution in [0.3, 0.4) is 0 Å². The second-order valence-electron chi connectivity index (χ2n) is 4.70. The van der Waals surface area contributed by atoms with E-state index in [-0.39, 0.29) is 18.5 Å². The minimum atomic E-state index is -4.78. The number of halogens is 3. The molecule has 2 atom stereocenters. The Bertz CT molecular complexity index is 553. The third kappa shape index (κ3) is 3.09. The predicted molar refractivity (Wildman–Crippen MR) is 73.5 cm³/mol. The Morgan fingerprint density at radius 1 is 1.43 bits per heavy atom. The highest BCUT2D eigenvalue weighted by Crippen LogP contribution is 2.36. The number of aliphatic hydroxyl groups is 1. The summed E-state index contributed by atoms with van der Waals surface area (Å²) in [6, 6.07) is 3.01. The zero-order valence-corrected chi connectivity index (χ0v) is 11.6. The number of carbonyl (C=O) groups is 1. The first-order valence-corrected chi connectivity index (χ1v) is 6.96. The fourth-order valence-electron chi connectivity index (χ4n) is 2.33. The molecule has 1 fully saturated rings. The number of benzene rings is 1. The smallest absolute Gasteiger partial charge is 0.398 e. The maximum Gasteiger partial charge on any atom is 0.416 e. The molecule has 1 aliphatic heterocycles. The van der Waals surface area contributed by atoms with E-state index in [1.54, 1.807) is 0 Å². The molecule has 0 radical (unpaired) electrons. The Morgan fingerprint density at radius 2 is 2.10 bits per heavy atom. The molecule has 1 saturated heterocycles. The molecule has 1 aliphatic rings. The van der Waals surface area contributed by atoms with E-state index in [0.29, 0.717) is 10.6 Å². The minimum Gasteiger partial charge on any atom is -0.398 e. The first-order valence-electron chi connectivity index (χ1n) is 6.09. The van der Waals surface area contributed by atoms with Crippen molar-refractivity contribution >= 4 is 29.2 Å². The molecule has 5 nitrogen and oxygen atoms in total. The fourth-order valence-corrected chi connectivity index (χ4v) is 2.73. The van der Waals surface area contributed by atoms with E-state index in [9.17, 15) is 23.1 Å². The zero-order chi connectivity index (χ0) is 15.8. The van der Waals surface area contributed by atoms with Gasteiger partial charge in [-0.2, -0.15) is 13.2 Å². The van der Waals surface area contributed by atoms with Crippen LogP contribution in [-0.2, 0) is 4.79 Å². The molecule has 1 aromatic rings. The van der Waals surface area contributed by atoms with Crippen molar-refractivity contribution in [3.63, 3.8) is 0 Å². The SMILES string of the molecule is NSc1cc(N2C(=O)CCC2C(O)C(F)(F)F)ccc1N. The van der Waals surface area contributed by atoms with Gasteiger partial charge < -0.3 is 15.7 Å². The van der Waals surface area contributed by atoms with Crippen molar-refractivity contribution in [3.8, 4) is 0 Å². The van der Waals surface area contributed by atoms with Gasteiger partial charge in [-0.05, 0) is 36.6 Å². The summed E-state index contributed by atoms with van der Waals surface area (Å²) in [5.41, 5.74) is 6.27. The minimum absolute atomic E-state index is 0.0483. The summed E-state index contributed by atoms with van der Waals surface area (Å²) < 4.78 is 38.1. The number of carbonyl (C=O) groups excluding carboxylic acids is 1. The van der Waals surface area contributed by atoms with Crippen LogP contribution in [0.2, 0.25) is 0 Å². The van der Waals surface area contributed by atoms with Gasteiger partial charge in [-0.1, -0.05) is 0 Å². The first-order chi connectivity index (χ1) is 9.75. The molecule has 2 rings (SSSR count). The number of nitrogen functional groups attached to an aromatic ring is 1. The average molecular weight is 321 g/mol. The first kappa shape index (κ1) is 15.9. The third-order valence-electron chi connectivity index (χ3n) is 3.36. The van der Waals surface area contributed by atoms with Gasteiger partial charge in [0.1, 0.15) is 0 Å². The van der Waals surface area contributed by atoms with Gasteiger partial charge in [0.2, 0.25) is 5.91 Å². The number of rotatable bonds is 3. The number of nitrogens with zero attached hydrogens (tertiary/aromatic N) is 1. The molecule has 0 spiro atoms. The van der Waals surface area contributed by atoms with Crippen molar-refractivity contribution < 1.29 is 23.1 Å². The standard InChI is InChI=1S/C12H14F3N3O2S/c13-12(14,15)11(20)8-3-4-10(19)18(8)6-1-2-7(16)9(5-6)21-17/h1-2,5,8,11,20H,3-4,16-17H2. The van der Waals surface area contributed by atoms with Crippen molar-refractivity contribution in [1.82, 2.24) is 0 Å². The molecular formula is C12H14F3N3O2S. The van der Waals surface area contributed by atoms with E-state index in [1.807, 2.05) is 0 Å². The number of hydrogen-bond donors (Lipinski definition) is 3. The van der Waals surface area contributed by atoms with Crippen LogP contribution in [0.5, 0.6) is 0 Å². The molecule has 5 N–H and O–H groups in total. The molecule has 1 amide bonds. The van der Waals surface area contributed by atoms with Crippen LogP contribution in [0, 0.1) is 0 Å². The predicted octanol–water partition coefficient (Wildman–Crippen LogP) is 1.65. The van der Waals surface area contributed by atoms with Gasteiger partial charge in [0.05, 0.1) is 6.04 Å². The van der Waals surface area contributed by atoms with Gasteiger partial charge in [-0.3, -0.25) is 9.93 Å². The maximum atomic E-state index is 12.7. The summed E-state index contributed by atoms with van der Waals surface area (Å²) in [5, 5.41) is 14.9. The number of hydrogen-bond acceptors (Lipinski definition) is 5. The van der Waals surface area contributed by atoms with E-state index in [4.69, 9.17) is 10.9 Å². The molecule has 1 aromatic carbocycles. The zero-order valence-electron chi connectivity index (χ0n) is 10.8. The van der Waals surface area contributed by atoms with Gasteiger partial charge in [-0.15, -0.1) is 0 Å². The number of alkyl halides is 3. The largest absolute Gasteiger partial charge is 0.416 e. The number of anilines is 2. The van der Waals surface area contributed by atoms with E-state index in [1.165, 1.54) is 18.2 Å². The molecule has 1 heterocycles. The maximum absolute atomic E-state index is 12.7. The van der Waals surface area contributed by atoms with Gasteiger partial charge in [0.25, 0.3) is 0 Å². The lowest BCUT2D eigenvalue weighted by Crippen LogP contribution is -2.48. The van der Waals surface area contributed by atoms with E-state index < -0.39 is 24.2 Å². The topological polar surface area (TPSA) is 92.6 Å². The molecule has 0 saturated carbocycles. The molecule has 21 heavy (non-hydrogen) atoms. The summed E-state index contributed by atoms with van der Waals surface area (Å²) in [6.07, 6.45) is -7.48. The Kier molecular flexibility index (Phi) is 4.35. The lowest BCUT2D eigenvalue weighted by atomic mass is 10.1. The monoisotopic (exact) mass is 321 g/mol. The van der Waals surface area contributed by atoms with Crippen LogP contribution in [-0.4, -0.2) is 29.3 Å². The Morgan fingerprint density at radius 3 is 2.67 bits per heavy atom. The van der Waals surface area contributed by atoms with E-state index in [0.717, 1.165) is 16.8 Å². The number of amides is 1. The van der Waals surface area contributed by atoms with E-state index in [2.05, 4.69) is 0 Å². The Labute approximate surface area is 123 Å². The van der Waals surface area contributed by atoms with Crippen LogP contribution in [0.4, 0.5) is 24.5 Å². The summed E-state index contributed by atoms with van der Waals surface area (Å²) in [4.78, 5) is 13.3. The fraction of sp³-hybridized carbons (Fsp3) is 0.417. The summed E-state index contributed by atoms with van der Waals surface area (Å²) in [6.45, 7) is 0. The van der Waals surface area contributed by atoms with Gasteiger partial charge >= 0.3 is 6.18 Å². The average Bonchev–Trinajstić information content (AvgIpc) is 2.79. The quantitative estimate of drug-likeness (QED) is 0.581. The molecule has 0 bridgehead atoms. The van der Waals surface area contributed by atoms with Gasteiger partial charge in [-0.25, -0.2) is 0 Å². The van der Waals surface area contributed by atoms with Crippen LogP contribution in [0.1, 0.15) is 12.8 Å². The normalized spacial score (nSPS) is 20.9. The Balaban J connectivity index is 2.37. The lowest BCUT2D eigenvalue weighted by molar-refractivity contribution is -0.209. The second-order valence-corrected chi connectivity index (χ2v) is 5.37. The summed E-state index contributed by atoms with van der Waals surface area (Å²) in [5.74, 6) is -0.471. The molecule has 0 aliphatic carbocycles. The van der Waals surface area contributed by atoms with Crippen molar-refractivity contribution in [2.24, 2.45) is 5.14 Å². The Hall–Kier alpha value is -1.45. The highest BCUT2D eigenvalue weighted by atomic mass is 32.2. The highest BCUT2D eigenvalue weighted by Gasteiger charge is 2.49. The van der Waals surface area contributed by atoms with Crippen molar-refractivity contribution in [2.45, 2.75) is 36.1 Å². The highest BCUT2D eigenvalue weighted by molar-refractivity contribution is 7.97. The van der Waals surface area contributed by atoms with Crippen molar-refractivity contribution in [3.05, 3.63) is 18.2 Å². The summed E-state index contributed by atoms with van der Waals surface area (Å²) in [7, 11) is 0. The number of aliphatic hydroxyl groups excluding tert-OH is 1. The number of nitrogens with two attached hydrogens (primary N) is 2. The van der Waals surface area contributed by atoms with Crippen LogP contribution in [0.25, 0.3) is 0 Å². The third-order valence-corrected chi connectivity index (χ3v) is 3.96. The molecule has 0 aromatic heterocycles. The van der Waals surface area contributed by atoms with Crippen LogP contribution >= 0.6 is 11.9 Å². The second kappa shape index (κ2) is 5.74. The summed E-state index contributed by atoms with van der Waals surface area (Å²) >= 11 is 0.837. The van der Waals surface area contributed by atoms with Gasteiger partial charge in [0, 0.05) is 22.7 Å². The van der Waals surface area contributed by atoms with Crippen molar-refractivity contribution in [1.29, 1.82) is 0 Å². The molecule has 2 unspecified atom stereocenters.